The van der Waals surface area contributed by atoms with Crippen molar-refractivity contribution >= 4 is 5.78 Å². The summed E-state index contributed by atoms with van der Waals surface area (Å²) in [5.41, 5.74) is 8.86. The first-order valence-electron chi connectivity index (χ1n) is 5.83. The van der Waals surface area contributed by atoms with Gasteiger partial charge in [0.05, 0.1) is 11.6 Å². The van der Waals surface area contributed by atoms with Crippen LogP contribution in [0.15, 0.2) is 29.4 Å². The molecule has 1 atom stereocenters. The van der Waals surface area contributed by atoms with Gasteiger partial charge in [0, 0.05) is 11.3 Å². The molecular formula is C13H12N4O. The maximum Gasteiger partial charge on any atom is 0.149 e. The molecule has 5 nitrogen and oxygen atoms in total. The first-order chi connectivity index (χ1) is 8.73. The SMILES string of the molecule is N#Cc1ccc(C2(N=[N+]=[N-])CCCCC2=O)cc1. The lowest BCUT2D eigenvalue weighted by Gasteiger charge is -2.31. The maximum atomic E-state index is 12.1. The van der Waals surface area contributed by atoms with Crippen molar-refractivity contribution in [2.24, 2.45) is 5.11 Å². The summed E-state index contributed by atoms with van der Waals surface area (Å²) in [5.74, 6) is -0.0312. The Hall–Kier alpha value is -2.31. The fourth-order valence-corrected chi connectivity index (χ4v) is 2.38. The van der Waals surface area contributed by atoms with E-state index in [1.807, 2.05) is 6.07 Å². The van der Waals surface area contributed by atoms with E-state index >= 15 is 0 Å². The number of azide groups is 1. The van der Waals surface area contributed by atoms with E-state index in [0.717, 1.165) is 12.8 Å². The largest absolute Gasteiger partial charge is 0.299 e. The van der Waals surface area contributed by atoms with Gasteiger partial charge in [-0.15, -0.1) is 0 Å². The summed E-state index contributed by atoms with van der Waals surface area (Å²) in [5, 5.41) is 12.5. The van der Waals surface area contributed by atoms with E-state index in [1.54, 1.807) is 24.3 Å². The van der Waals surface area contributed by atoms with Gasteiger partial charge in [0.2, 0.25) is 0 Å². The minimum Gasteiger partial charge on any atom is -0.299 e. The molecule has 1 saturated carbocycles. The van der Waals surface area contributed by atoms with E-state index in [0.29, 0.717) is 24.0 Å². The Balaban J connectivity index is 2.49. The molecule has 5 heteroatoms. The third-order valence-corrected chi connectivity index (χ3v) is 3.36. The zero-order valence-electron chi connectivity index (χ0n) is 9.83. The monoisotopic (exact) mass is 240 g/mol. The molecule has 0 amide bonds. The average Bonchev–Trinajstić information content (AvgIpc) is 2.42. The summed E-state index contributed by atoms with van der Waals surface area (Å²) < 4.78 is 0. The number of benzene rings is 1. The van der Waals surface area contributed by atoms with Crippen molar-refractivity contribution in [2.45, 2.75) is 31.2 Å². The summed E-state index contributed by atoms with van der Waals surface area (Å²) in [6.07, 6.45) is 2.70. The smallest absolute Gasteiger partial charge is 0.149 e. The van der Waals surface area contributed by atoms with Crippen molar-refractivity contribution in [1.82, 2.24) is 0 Å². The van der Waals surface area contributed by atoms with Crippen molar-refractivity contribution in [3.05, 3.63) is 45.8 Å². The summed E-state index contributed by atoms with van der Waals surface area (Å²) in [4.78, 5) is 15.0. The first-order valence-corrected chi connectivity index (χ1v) is 5.83. The third-order valence-electron chi connectivity index (χ3n) is 3.36. The van der Waals surface area contributed by atoms with E-state index in [4.69, 9.17) is 10.8 Å². The van der Waals surface area contributed by atoms with Crippen molar-refractivity contribution in [3.8, 4) is 6.07 Å². The predicted octanol–water partition coefficient (Wildman–Crippen LogP) is 3.21. The Kier molecular flexibility index (Phi) is 3.31. The van der Waals surface area contributed by atoms with Crippen LogP contribution in [0, 0.1) is 11.3 Å². The van der Waals surface area contributed by atoms with Gasteiger partial charge in [0.15, 0.2) is 0 Å². The van der Waals surface area contributed by atoms with Crippen LogP contribution in [0.2, 0.25) is 0 Å². The minimum absolute atomic E-state index is 0.0312. The number of nitriles is 1. The second-order valence-corrected chi connectivity index (χ2v) is 4.37. The molecule has 0 radical (unpaired) electrons. The van der Waals surface area contributed by atoms with Crippen LogP contribution in [0.25, 0.3) is 10.4 Å². The lowest BCUT2D eigenvalue weighted by Crippen LogP contribution is -2.36. The lowest BCUT2D eigenvalue weighted by atomic mass is 9.76. The maximum absolute atomic E-state index is 12.1. The van der Waals surface area contributed by atoms with Crippen molar-refractivity contribution in [1.29, 1.82) is 5.26 Å². The van der Waals surface area contributed by atoms with E-state index < -0.39 is 5.54 Å². The van der Waals surface area contributed by atoms with Crippen LogP contribution in [0.3, 0.4) is 0 Å². The molecule has 90 valence electrons. The quantitative estimate of drug-likeness (QED) is 0.451. The molecule has 1 aromatic rings. The molecule has 18 heavy (non-hydrogen) atoms. The van der Waals surface area contributed by atoms with Gasteiger partial charge in [-0.25, -0.2) is 0 Å². The van der Waals surface area contributed by atoms with Crippen LogP contribution in [0.1, 0.15) is 36.8 Å². The van der Waals surface area contributed by atoms with Crippen LogP contribution in [-0.4, -0.2) is 5.78 Å². The van der Waals surface area contributed by atoms with E-state index in [9.17, 15) is 4.79 Å². The van der Waals surface area contributed by atoms with Crippen molar-refractivity contribution in [2.75, 3.05) is 0 Å². The number of ketones is 1. The van der Waals surface area contributed by atoms with Crippen LogP contribution in [0.4, 0.5) is 0 Å². The molecule has 0 heterocycles. The molecule has 1 aliphatic rings. The van der Waals surface area contributed by atoms with Crippen LogP contribution < -0.4 is 0 Å². The van der Waals surface area contributed by atoms with Gasteiger partial charge < -0.3 is 0 Å². The van der Waals surface area contributed by atoms with Gasteiger partial charge in [-0.2, -0.15) is 5.26 Å². The average molecular weight is 240 g/mol. The highest BCUT2D eigenvalue weighted by Crippen LogP contribution is 2.38. The van der Waals surface area contributed by atoms with Crippen molar-refractivity contribution in [3.63, 3.8) is 0 Å². The Morgan fingerprint density at radius 3 is 2.61 bits per heavy atom. The summed E-state index contributed by atoms with van der Waals surface area (Å²) in [7, 11) is 0. The number of hydrogen-bond donors (Lipinski definition) is 0. The number of nitrogens with zero attached hydrogens (tertiary/aromatic N) is 4. The van der Waals surface area contributed by atoms with Gasteiger partial charge in [-0.1, -0.05) is 23.7 Å². The zero-order valence-corrected chi connectivity index (χ0v) is 9.83. The number of carbonyl (C=O) groups excluding carboxylic acids is 1. The number of rotatable bonds is 2. The standard InChI is InChI=1S/C13H12N4O/c14-9-10-4-6-11(7-5-10)13(16-17-15)8-2-1-3-12(13)18/h4-7H,1-3,8H2. The molecule has 0 N–H and O–H groups in total. The Morgan fingerprint density at radius 1 is 1.33 bits per heavy atom. The van der Waals surface area contributed by atoms with Crippen LogP contribution in [0.5, 0.6) is 0 Å². The molecular weight excluding hydrogens is 228 g/mol. The predicted molar refractivity (Wildman–Crippen MR) is 65.5 cm³/mol. The summed E-state index contributed by atoms with van der Waals surface area (Å²) >= 11 is 0. The van der Waals surface area contributed by atoms with E-state index in [1.165, 1.54) is 0 Å². The molecule has 0 bridgehead atoms. The molecule has 0 spiro atoms. The third kappa shape index (κ3) is 1.94. The number of Topliss-reactive ketones (excluding diaryl/α,β-unsaturated/α-hetero) is 1. The molecule has 1 unspecified atom stereocenters. The van der Waals surface area contributed by atoms with Gasteiger partial charge in [0.1, 0.15) is 11.3 Å². The zero-order chi connectivity index (χ0) is 13.0. The first kappa shape index (κ1) is 12.2. The second-order valence-electron chi connectivity index (χ2n) is 4.37. The normalized spacial score (nSPS) is 22.9. The Bertz CT molecular complexity index is 551. The Labute approximate surface area is 105 Å². The van der Waals surface area contributed by atoms with Gasteiger partial charge >= 0.3 is 0 Å². The molecule has 1 aliphatic carbocycles. The topological polar surface area (TPSA) is 89.6 Å². The van der Waals surface area contributed by atoms with Crippen molar-refractivity contribution < 1.29 is 4.79 Å². The highest BCUT2D eigenvalue weighted by Gasteiger charge is 2.40. The second kappa shape index (κ2) is 4.91. The van der Waals surface area contributed by atoms with E-state index in [-0.39, 0.29) is 5.78 Å². The highest BCUT2D eigenvalue weighted by atomic mass is 16.1. The van der Waals surface area contributed by atoms with Crippen LogP contribution in [-0.2, 0) is 10.3 Å². The lowest BCUT2D eigenvalue weighted by molar-refractivity contribution is -0.126. The fraction of sp³-hybridized carbons (Fsp3) is 0.385. The fourth-order valence-electron chi connectivity index (χ4n) is 2.38. The highest BCUT2D eigenvalue weighted by molar-refractivity contribution is 5.90. The molecule has 0 saturated heterocycles. The molecule has 1 aromatic carbocycles. The van der Waals surface area contributed by atoms with Gasteiger partial charge in [0.25, 0.3) is 0 Å². The molecule has 2 rings (SSSR count). The molecule has 1 fully saturated rings. The minimum atomic E-state index is -1.07. The summed E-state index contributed by atoms with van der Waals surface area (Å²) in [6.45, 7) is 0. The summed E-state index contributed by atoms with van der Waals surface area (Å²) in [6, 6.07) is 8.72. The molecule has 0 aliphatic heterocycles. The molecule has 0 aromatic heterocycles. The Morgan fingerprint density at radius 2 is 2.06 bits per heavy atom. The van der Waals surface area contributed by atoms with E-state index in [2.05, 4.69) is 10.0 Å². The number of hydrogen-bond acceptors (Lipinski definition) is 3. The van der Waals surface area contributed by atoms with Gasteiger partial charge in [-0.3, -0.25) is 4.79 Å². The van der Waals surface area contributed by atoms with Crippen LogP contribution >= 0.6 is 0 Å². The number of carbonyl (C=O) groups is 1. The van der Waals surface area contributed by atoms with Gasteiger partial charge in [-0.05, 0) is 36.1 Å².